The summed E-state index contributed by atoms with van der Waals surface area (Å²) in [6.45, 7) is 7.49. The molecule has 0 atom stereocenters. The molecule has 5 nitrogen and oxygen atoms in total. The number of aryl methyl sites for hydroxylation is 2. The molecule has 0 radical (unpaired) electrons. The second-order valence-corrected chi connectivity index (χ2v) is 7.25. The summed E-state index contributed by atoms with van der Waals surface area (Å²) >= 11 is 3.80. The van der Waals surface area contributed by atoms with Crippen molar-refractivity contribution in [2.24, 2.45) is 5.92 Å². The highest BCUT2D eigenvalue weighted by Crippen LogP contribution is 2.37. The van der Waals surface area contributed by atoms with Crippen molar-refractivity contribution in [2.45, 2.75) is 59.3 Å². The lowest BCUT2D eigenvalue weighted by Gasteiger charge is -2.29. The third kappa shape index (κ3) is 3.90. The minimum atomic E-state index is -1.09. The maximum absolute atomic E-state index is 12.5. The van der Waals surface area contributed by atoms with Crippen LogP contribution in [0.15, 0.2) is 6.07 Å². The largest absolute Gasteiger partial charge is 0.302 e. The van der Waals surface area contributed by atoms with E-state index in [4.69, 9.17) is 0 Å². The zero-order chi connectivity index (χ0) is 19.6. The van der Waals surface area contributed by atoms with Crippen molar-refractivity contribution in [2.75, 3.05) is 0 Å². The van der Waals surface area contributed by atoms with Crippen LogP contribution in [-0.2, 0) is 25.6 Å². The minimum Gasteiger partial charge on any atom is -0.302 e. The van der Waals surface area contributed by atoms with Crippen LogP contribution in [0.3, 0.4) is 0 Å². The molecule has 1 aliphatic rings. The van der Waals surface area contributed by atoms with Gasteiger partial charge < -0.3 is 4.72 Å². The first-order valence-corrected chi connectivity index (χ1v) is 9.26. The van der Waals surface area contributed by atoms with Gasteiger partial charge in [0.05, 0.1) is 6.42 Å². The molecule has 0 unspecified atom stereocenters. The van der Waals surface area contributed by atoms with Gasteiger partial charge in [0.25, 0.3) is 0 Å². The van der Waals surface area contributed by atoms with E-state index in [-0.39, 0.29) is 54.9 Å². The fourth-order valence-corrected chi connectivity index (χ4v) is 4.16. The Hall–Kier alpha value is -1.95. The number of carbonyl (C=O) groups excluding carboxylic acids is 4. The molecule has 26 heavy (non-hydrogen) atoms. The summed E-state index contributed by atoms with van der Waals surface area (Å²) < 4.78 is 2.33. The Balaban J connectivity index is 2.42. The smallest absolute Gasteiger partial charge is 0.234 e. The van der Waals surface area contributed by atoms with Crippen LogP contribution in [0.4, 0.5) is 0 Å². The molecule has 1 N–H and O–H groups in total. The van der Waals surface area contributed by atoms with E-state index in [2.05, 4.69) is 17.5 Å². The summed E-state index contributed by atoms with van der Waals surface area (Å²) in [5.74, 6) is -2.40. The molecule has 140 valence electrons. The molecule has 0 heterocycles. The van der Waals surface area contributed by atoms with Gasteiger partial charge in [-0.25, -0.2) is 0 Å². The summed E-state index contributed by atoms with van der Waals surface area (Å²) in [6, 6.07) is 1.99. The highest BCUT2D eigenvalue weighted by molar-refractivity contribution is 7.78. The van der Waals surface area contributed by atoms with Crippen molar-refractivity contribution in [3.63, 3.8) is 0 Å². The number of hydrogen-bond donors (Lipinski definition) is 2. The minimum absolute atomic E-state index is 0.186. The van der Waals surface area contributed by atoms with Gasteiger partial charge in [-0.1, -0.05) is 25.8 Å². The van der Waals surface area contributed by atoms with Gasteiger partial charge in [0, 0.05) is 19.3 Å². The average Bonchev–Trinajstić information content (AvgIpc) is 2.57. The molecule has 0 aliphatic heterocycles. The molecule has 0 aromatic heterocycles. The first-order chi connectivity index (χ1) is 12.2. The maximum atomic E-state index is 12.5. The van der Waals surface area contributed by atoms with E-state index in [1.165, 1.54) is 0 Å². The Bertz CT molecular complexity index is 767. The average molecular weight is 375 g/mol. The van der Waals surface area contributed by atoms with Gasteiger partial charge in [0.15, 0.2) is 17.3 Å². The molecule has 1 aromatic rings. The van der Waals surface area contributed by atoms with Gasteiger partial charge in [0.2, 0.25) is 5.91 Å². The Morgan fingerprint density at radius 1 is 1.12 bits per heavy atom. The first kappa shape index (κ1) is 20.4. The van der Waals surface area contributed by atoms with Gasteiger partial charge in [-0.05, 0) is 54.5 Å². The van der Waals surface area contributed by atoms with Crippen molar-refractivity contribution in [3.8, 4) is 0 Å². The number of hydrogen-bond acceptors (Lipinski definition) is 5. The lowest BCUT2D eigenvalue weighted by Crippen LogP contribution is -2.38. The predicted octanol–water partition coefficient (Wildman–Crippen LogP) is 2.73. The first-order valence-electron chi connectivity index (χ1n) is 8.81. The number of rotatable bonds is 5. The Morgan fingerprint density at radius 2 is 1.69 bits per heavy atom. The van der Waals surface area contributed by atoms with Crippen LogP contribution in [0.1, 0.15) is 59.9 Å². The van der Waals surface area contributed by atoms with E-state index in [1.54, 1.807) is 6.92 Å². The van der Waals surface area contributed by atoms with Crippen LogP contribution in [0, 0.1) is 26.7 Å². The van der Waals surface area contributed by atoms with E-state index in [0.29, 0.717) is 0 Å². The molecule has 1 aliphatic carbocycles. The van der Waals surface area contributed by atoms with E-state index in [1.807, 2.05) is 26.8 Å². The monoisotopic (exact) mass is 375 g/mol. The maximum Gasteiger partial charge on any atom is 0.234 e. The topological polar surface area (TPSA) is 80.3 Å². The normalized spacial score (nSPS) is 20.2. The highest BCUT2D eigenvalue weighted by Gasteiger charge is 2.40. The van der Waals surface area contributed by atoms with Gasteiger partial charge in [-0.15, -0.1) is 0 Å². The fourth-order valence-electron chi connectivity index (χ4n) is 4.08. The lowest BCUT2D eigenvalue weighted by molar-refractivity contribution is -0.142. The SMILES string of the molecule is CCC(=O)C1C(=O)CC(c2c(C)cc(C)c(CC(=O)NS)c2C)CC1=O. The zero-order valence-electron chi connectivity index (χ0n) is 15.6. The number of amides is 1. The number of carbonyl (C=O) groups is 4. The Labute approximate surface area is 159 Å². The second kappa shape index (κ2) is 8.16. The molecule has 0 saturated heterocycles. The number of ketones is 3. The summed E-state index contributed by atoms with van der Waals surface area (Å²) in [5.41, 5.74) is 4.77. The summed E-state index contributed by atoms with van der Waals surface area (Å²) in [4.78, 5) is 48.6. The summed E-state index contributed by atoms with van der Waals surface area (Å²) in [7, 11) is 0. The van der Waals surface area contributed by atoms with Crippen LogP contribution in [-0.4, -0.2) is 23.3 Å². The molecule has 1 aromatic carbocycles. The highest BCUT2D eigenvalue weighted by atomic mass is 32.1. The molecule has 1 fully saturated rings. The lowest BCUT2D eigenvalue weighted by atomic mass is 9.72. The number of benzene rings is 1. The summed E-state index contributed by atoms with van der Waals surface area (Å²) in [5, 5.41) is 0. The van der Waals surface area contributed by atoms with Crippen LogP contribution < -0.4 is 4.72 Å². The zero-order valence-corrected chi connectivity index (χ0v) is 16.5. The van der Waals surface area contributed by atoms with Gasteiger partial charge in [-0.3, -0.25) is 19.2 Å². The van der Waals surface area contributed by atoms with Crippen LogP contribution >= 0.6 is 12.8 Å². The Morgan fingerprint density at radius 3 is 2.19 bits per heavy atom. The second-order valence-electron chi connectivity index (χ2n) is 7.03. The van der Waals surface area contributed by atoms with Crippen molar-refractivity contribution in [3.05, 3.63) is 33.9 Å². The van der Waals surface area contributed by atoms with Gasteiger partial charge in [0.1, 0.15) is 5.92 Å². The summed E-state index contributed by atoms with van der Waals surface area (Å²) in [6.07, 6.45) is 0.759. The van der Waals surface area contributed by atoms with Crippen molar-refractivity contribution >= 4 is 36.1 Å². The quantitative estimate of drug-likeness (QED) is 0.613. The molecular weight excluding hydrogens is 350 g/mol. The number of thiol groups is 1. The van der Waals surface area contributed by atoms with Crippen molar-refractivity contribution in [1.29, 1.82) is 0 Å². The van der Waals surface area contributed by atoms with Crippen molar-refractivity contribution < 1.29 is 19.2 Å². The van der Waals surface area contributed by atoms with E-state index < -0.39 is 5.92 Å². The predicted molar refractivity (Wildman–Crippen MR) is 102 cm³/mol. The van der Waals surface area contributed by atoms with Crippen LogP contribution in [0.25, 0.3) is 0 Å². The molecule has 0 spiro atoms. The fraction of sp³-hybridized carbons (Fsp3) is 0.500. The third-order valence-electron chi connectivity index (χ3n) is 5.27. The Kier molecular flexibility index (Phi) is 6.39. The van der Waals surface area contributed by atoms with Crippen LogP contribution in [0.2, 0.25) is 0 Å². The standard InChI is InChI=1S/C20H25NO4S/c1-5-15(22)20-16(23)7-13(8-17(20)24)19-11(3)6-10(2)14(12(19)4)9-18(25)21-26/h6,13,20,26H,5,7-9H2,1-4H3,(H,21,25). The molecule has 1 amide bonds. The van der Waals surface area contributed by atoms with E-state index in [0.717, 1.165) is 27.8 Å². The molecule has 2 rings (SSSR count). The molecule has 1 saturated carbocycles. The third-order valence-corrected chi connectivity index (χ3v) is 5.52. The molecule has 6 heteroatoms. The molecule has 0 bridgehead atoms. The molecular formula is C20H25NO4S. The van der Waals surface area contributed by atoms with Crippen LogP contribution in [0.5, 0.6) is 0 Å². The number of Topliss-reactive ketones (excluding diaryl/α,β-unsaturated/α-hetero) is 3. The van der Waals surface area contributed by atoms with Crippen molar-refractivity contribution in [1.82, 2.24) is 4.72 Å². The number of nitrogens with one attached hydrogen (secondary N) is 1. The van der Waals surface area contributed by atoms with Gasteiger partial charge >= 0.3 is 0 Å². The van der Waals surface area contributed by atoms with E-state index >= 15 is 0 Å². The van der Waals surface area contributed by atoms with E-state index in [9.17, 15) is 19.2 Å². The van der Waals surface area contributed by atoms with Gasteiger partial charge in [-0.2, -0.15) is 0 Å².